The van der Waals surface area contributed by atoms with Gasteiger partial charge in [-0.15, -0.1) is 0 Å². The second-order valence-corrected chi connectivity index (χ2v) is 4.29. The Kier molecular flexibility index (Phi) is 4.99. The number of aromatic nitrogens is 2. The maximum absolute atomic E-state index is 11.1. The molecule has 0 amide bonds. The van der Waals surface area contributed by atoms with Gasteiger partial charge in [0.05, 0.1) is 4.92 Å². The molecular weight excluding hydrogens is 248 g/mol. The van der Waals surface area contributed by atoms with Crippen LogP contribution >= 0.6 is 0 Å². The van der Waals surface area contributed by atoms with Gasteiger partial charge in [-0.3, -0.25) is 10.1 Å². The molecule has 1 rings (SSSR count). The van der Waals surface area contributed by atoms with Crippen molar-refractivity contribution in [3.05, 3.63) is 16.4 Å². The number of anilines is 2. The molecule has 1 heterocycles. The summed E-state index contributed by atoms with van der Waals surface area (Å²) in [5.41, 5.74) is 1.78. The Morgan fingerprint density at radius 3 is 2.21 bits per heavy atom. The van der Waals surface area contributed by atoms with Crippen LogP contribution in [0.5, 0.6) is 0 Å². The van der Waals surface area contributed by atoms with E-state index >= 15 is 0 Å². The molecule has 0 saturated heterocycles. The van der Waals surface area contributed by atoms with Crippen LogP contribution in [0.25, 0.3) is 0 Å². The van der Waals surface area contributed by atoms with Crippen molar-refractivity contribution in [2.75, 3.05) is 10.7 Å². The van der Waals surface area contributed by atoms with Gasteiger partial charge >= 0.3 is 5.69 Å². The van der Waals surface area contributed by atoms with Gasteiger partial charge in [0.25, 0.3) is 0 Å². The molecule has 0 aliphatic heterocycles. The third-order valence-corrected chi connectivity index (χ3v) is 3.56. The van der Waals surface area contributed by atoms with Gasteiger partial charge in [0.2, 0.25) is 11.6 Å². The smallest absolute Gasteiger partial charge is 0.354 e. The minimum absolute atomic E-state index is 0.000269. The lowest BCUT2D eigenvalue weighted by Gasteiger charge is -2.32. The van der Waals surface area contributed by atoms with Crippen LogP contribution in [0.2, 0.25) is 0 Å². The molecular formula is C11H20N6O2. The van der Waals surface area contributed by atoms with Gasteiger partial charge < -0.3 is 10.7 Å². The first-order valence-electron chi connectivity index (χ1n) is 6.27. The SMILES string of the molecule is CCC(CC)(CC)Nc1ncnc(NN)c1[N+](=O)[O-]. The molecule has 8 nitrogen and oxygen atoms in total. The molecule has 0 fully saturated rings. The monoisotopic (exact) mass is 268 g/mol. The average molecular weight is 268 g/mol. The topological polar surface area (TPSA) is 119 Å². The summed E-state index contributed by atoms with van der Waals surface area (Å²) >= 11 is 0. The fraction of sp³-hybridized carbons (Fsp3) is 0.636. The van der Waals surface area contributed by atoms with Gasteiger partial charge in [-0.2, -0.15) is 0 Å². The van der Waals surface area contributed by atoms with Crippen LogP contribution in [-0.4, -0.2) is 20.4 Å². The zero-order chi connectivity index (χ0) is 14.5. The van der Waals surface area contributed by atoms with E-state index in [0.717, 1.165) is 19.3 Å². The van der Waals surface area contributed by atoms with Crippen LogP contribution in [0.3, 0.4) is 0 Å². The molecule has 8 heteroatoms. The molecule has 1 aromatic heterocycles. The van der Waals surface area contributed by atoms with E-state index in [-0.39, 0.29) is 22.9 Å². The molecule has 0 bridgehead atoms. The average Bonchev–Trinajstić information content (AvgIpc) is 2.44. The fourth-order valence-electron chi connectivity index (χ4n) is 2.02. The number of nitrogen functional groups attached to an aromatic ring is 1. The van der Waals surface area contributed by atoms with Gasteiger partial charge in [-0.1, -0.05) is 20.8 Å². The normalized spacial score (nSPS) is 11.2. The minimum Gasteiger partial charge on any atom is -0.359 e. The number of hydrogen-bond donors (Lipinski definition) is 3. The number of nitrogens with two attached hydrogens (primary N) is 1. The first-order chi connectivity index (χ1) is 9.03. The maximum Gasteiger partial charge on any atom is 0.354 e. The lowest BCUT2D eigenvalue weighted by molar-refractivity contribution is -0.383. The van der Waals surface area contributed by atoms with Crippen molar-refractivity contribution in [3.63, 3.8) is 0 Å². The molecule has 4 N–H and O–H groups in total. The van der Waals surface area contributed by atoms with Crippen molar-refractivity contribution in [2.45, 2.75) is 45.6 Å². The molecule has 106 valence electrons. The summed E-state index contributed by atoms with van der Waals surface area (Å²) < 4.78 is 0. The Bertz CT molecular complexity index is 439. The molecule has 0 saturated carbocycles. The highest BCUT2D eigenvalue weighted by Crippen LogP contribution is 2.33. The van der Waals surface area contributed by atoms with Gasteiger partial charge in [-0.05, 0) is 19.3 Å². The van der Waals surface area contributed by atoms with Crippen LogP contribution in [0.1, 0.15) is 40.0 Å². The lowest BCUT2D eigenvalue weighted by Crippen LogP contribution is -2.36. The number of nitrogens with one attached hydrogen (secondary N) is 2. The van der Waals surface area contributed by atoms with Crippen molar-refractivity contribution in [2.24, 2.45) is 5.84 Å². The van der Waals surface area contributed by atoms with E-state index in [2.05, 4.69) is 20.7 Å². The molecule has 0 spiro atoms. The summed E-state index contributed by atoms with van der Waals surface area (Å²) in [6, 6.07) is 0. The second-order valence-electron chi connectivity index (χ2n) is 4.29. The van der Waals surface area contributed by atoms with E-state index in [1.54, 1.807) is 0 Å². The molecule has 0 aliphatic rings. The Hall–Kier alpha value is -1.96. The van der Waals surface area contributed by atoms with Gasteiger partial charge in [0.1, 0.15) is 6.33 Å². The summed E-state index contributed by atoms with van der Waals surface area (Å²) in [7, 11) is 0. The summed E-state index contributed by atoms with van der Waals surface area (Å²) in [4.78, 5) is 18.3. The van der Waals surface area contributed by atoms with Gasteiger partial charge in [0, 0.05) is 5.54 Å². The van der Waals surface area contributed by atoms with E-state index in [1.807, 2.05) is 20.8 Å². The molecule has 19 heavy (non-hydrogen) atoms. The van der Waals surface area contributed by atoms with Crippen molar-refractivity contribution >= 4 is 17.3 Å². The molecule has 0 radical (unpaired) electrons. The van der Waals surface area contributed by atoms with Crippen LogP contribution in [0.4, 0.5) is 17.3 Å². The highest BCUT2D eigenvalue weighted by Gasteiger charge is 2.30. The lowest BCUT2D eigenvalue weighted by atomic mass is 9.90. The summed E-state index contributed by atoms with van der Waals surface area (Å²) in [5, 5.41) is 14.3. The van der Waals surface area contributed by atoms with E-state index < -0.39 is 4.92 Å². The predicted octanol–water partition coefficient (Wildman–Crippen LogP) is 2.05. The Morgan fingerprint density at radius 2 is 1.79 bits per heavy atom. The Morgan fingerprint density at radius 1 is 1.26 bits per heavy atom. The van der Waals surface area contributed by atoms with Gasteiger partial charge in [-0.25, -0.2) is 15.8 Å². The number of nitrogens with zero attached hydrogens (tertiary/aromatic N) is 3. The summed E-state index contributed by atoms with van der Waals surface area (Å²) in [5.74, 6) is 5.44. The zero-order valence-electron chi connectivity index (χ0n) is 11.4. The standard InChI is InChI=1S/C11H20N6O2/c1-4-11(5-2,6-3)15-9-8(17(18)19)10(16-12)14-7-13-9/h7H,4-6,12H2,1-3H3,(H2,13,14,15,16). The van der Waals surface area contributed by atoms with Crippen LogP contribution in [0.15, 0.2) is 6.33 Å². The number of nitro groups is 1. The van der Waals surface area contributed by atoms with Crippen molar-refractivity contribution < 1.29 is 4.92 Å². The van der Waals surface area contributed by atoms with Crippen LogP contribution in [-0.2, 0) is 0 Å². The predicted molar refractivity (Wildman–Crippen MR) is 73.7 cm³/mol. The fourth-order valence-corrected chi connectivity index (χ4v) is 2.02. The minimum atomic E-state index is -0.538. The van der Waals surface area contributed by atoms with E-state index in [1.165, 1.54) is 6.33 Å². The van der Waals surface area contributed by atoms with Gasteiger partial charge in [0.15, 0.2) is 0 Å². The van der Waals surface area contributed by atoms with Crippen molar-refractivity contribution in [1.82, 2.24) is 9.97 Å². The van der Waals surface area contributed by atoms with Crippen molar-refractivity contribution in [3.8, 4) is 0 Å². The highest BCUT2D eigenvalue weighted by atomic mass is 16.6. The Balaban J connectivity index is 3.23. The molecule has 1 aromatic rings. The third-order valence-electron chi connectivity index (χ3n) is 3.56. The number of rotatable bonds is 7. The van der Waals surface area contributed by atoms with Crippen LogP contribution < -0.4 is 16.6 Å². The first kappa shape index (κ1) is 15.1. The summed E-state index contributed by atoms with van der Waals surface area (Å²) in [6.45, 7) is 6.11. The maximum atomic E-state index is 11.1. The molecule has 0 aliphatic carbocycles. The number of hydrogen-bond acceptors (Lipinski definition) is 7. The highest BCUT2D eigenvalue weighted by molar-refractivity contribution is 5.69. The van der Waals surface area contributed by atoms with E-state index in [9.17, 15) is 10.1 Å². The summed E-state index contributed by atoms with van der Waals surface area (Å²) in [6.07, 6.45) is 3.77. The first-order valence-corrected chi connectivity index (χ1v) is 6.27. The molecule has 0 unspecified atom stereocenters. The van der Waals surface area contributed by atoms with Crippen LogP contribution in [0, 0.1) is 10.1 Å². The third kappa shape index (κ3) is 3.08. The Labute approximate surface area is 111 Å². The molecule has 0 atom stereocenters. The largest absolute Gasteiger partial charge is 0.359 e. The van der Waals surface area contributed by atoms with E-state index in [0.29, 0.717) is 0 Å². The van der Waals surface area contributed by atoms with Crippen molar-refractivity contribution in [1.29, 1.82) is 0 Å². The van der Waals surface area contributed by atoms with E-state index in [4.69, 9.17) is 5.84 Å². The number of hydrazine groups is 1. The molecule has 0 aromatic carbocycles. The zero-order valence-corrected chi connectivity index (χ0v) is 11.4. The quantitative estimate of drug-likeness (QED) is 0.393. The second kappa shape index (κ2) is 6.28.